The number of rotatable bonds is 4. The minimum absolute atomic E-state index is 0.992. The van der Waals surface area contributed by atoms with Crippen molar-refractivity contribution in [2.24, 2.45) is 0 Å². The normalized spacial score (nSPS) is 16.6. The Hall–Kier alpha value is -0.900. The summed E-state index contributed by atoms with van der Waals surface area (Å²) in [7, 11) is 0. The Morgan fingerprint density at radius 1 is 1.41 bits per heavy atom. The van der Waals surface area contributed by atoms with Gasteiger partial charge in [-0.25, -0.2) is 4.98 Å². The van der Waals surface area contributed by atoms with Gasteiger partial charge in [-0.2, -0.15) is 11.8 Å². The second-order valence-electron chi connectivity index (χ2n) is 4.28. The van der Waals surface area contributed by atoms with Crippen molar-refractivity contribution in [3.8, 4) is 0 Å². The lowest BCUT2D eigenvalue weighted by atomic mass is 10.3. The lowest BCUT2D eigenvalue weighted by Crippen LogP contribution is -2.25. The molecule has 0 atom stereocenters. The minimum Gasteiger partial charge on any atom is -0.371 e. The van der Waals surface area contributed by atoms with Crippen LogP contribution in [0.1, 0.15) is 19.8 Å². The Morgan fingerprint density at radius 2 is 2.35 bits per heavy atom. The number of nitrogens with zero attached hydrogens (tertiary/aromatic N) is 2. The van der Waals surface area contributed by atoms with E-state index in [1.807, 2.05) is 6.20 Å². The maximum absolute atomic E-state index is 4.35. The molecule has 1 aliphatic rings. The molecule has 3 nitrogen and oxygen atoms in total. The zero-order valence-corrected chi connectivity index (χ0v) is 11.3. The second-order valence-corrected chi connectivity index (χ2v) is 5.50. The average molecular weight is 251 g/mol. The van der Waals surface area contributed by atoms with Gasteiger partial charge in [-0.15, -0.1) is 0 Å². The fourth-order valence-corrected chi connectivity index (χ4v) is 2.86. The molecule has 2 heterocycles. The maximum Gasteiger partial charge on any atom is 0.127 e. The van der Waals surface area contributed by atoms with E-state index in [9.17, 15) is 0 Å². The molecule has 17 heavy (non-hydrogen) atoms. The first-order chi connectivity index (χ1) is 8.40. The van der Waals surface area contributed by atoms with Crippen LogP contribution in [-0.2, 0) is 0 Å². The molecule has 0 aliphatic carbocycles. The van der Waals surface area contributed by atoms with E-state index in [1.165, 1.54) is 30.2 Å². The van der Waals surface area contributed by atoms with Crippen LogP contribution in [0.25, 0.3) is 0 Å². The first-order valence-corrected chi connectivity index (χ1v) is 7.58. The van der Waals surface area contributed by atoms with E-state index in [0.29, 0.717) is 0 Å². The quantitative estimate of drug-likeness (QED) is 0.890. The van der Waals surface area contributed by atoms with Crippen LogP contribution in [0.5, 0.6) is 0 Å². The zero-order chi connectivity index (χ0) is 11.9. The molecule has 0 bridgehead atoms. The smallest absolute Gasteiger partial charge is 0.127 e. The summed E-state index contributed by atoms with van der Waals surface area (Å²) in [5, 5.41) is 3.35. The number of hydrogen-bond donors (Lipinski definition) is 1. The average Bonchev–Trinajstić information content (AvgIpc) is 2.65. The first-order valence-electron chi connectivity index (χ1n) is 6.43. The van der Waals surface area contributed by atoms with Crippen LogP contribution in [0.15, 0.2) is 18.3 Å². The van der Waals surface area contributed by atoms with Crippen LogP contribution in [-0.4, -0.2) is 36.1 Å². The summed E-state index contributed by atoms with van der Waals surface area (Å²) in [5.74, 6) is 3.53. The number of aromatic nitrogens is 1. The van der Waals surface area contributed by atoms with Crippen LogP contribution in [0, 0.1) is 0 Å². The third-order valence-corrected chi connectivity index (χ3v) is 3.94. The summed E-state index contributed by atoms with van der Waals surface area (Å²) in [5.41, 5.74) is 1.31. The number of pyridine rings is 1. The van der Waals surface area contributed by atoms with Gasteiger partial charge >= 0.3 is 0 Å². The molecule has 0 saturated carbocycles. The van der Waals surface area contributed by atoms with E-state index in [1.54, 1.807) is 0 Å². The van der Waals surface area contributed by atoms with Gasteiger partial charge in [0.15, 0.2) is 0 Å². The zero-order valence-electron chi connectivity index (χ0n) is 10.5. The van der Waals surface area contributed by atoms with E-state index in [2.05, 4.69) is 46.0 Å². The van der Waals surface area contributed by atoms with Gasteiger partial charge in [0, 0.05) is 43.3 Å². The van der Waals surface area contributed by atoms with Crippen molar-refractivity contribution in [3.63, 3.8) is 0 Å². The molecule has 1 N–H and O–H groups in total. The predicted octanol–water partition coefficient (Wildman–Crippen LogP) is 2.85. The first kappa shape index (κ1) is 12.6. The highest BCUT2D eigenvalue weighted by molar-refractivity contribution is 7.99. The molecule has 1 aliphatic heterocycles. The number of anilines is 2. The van der Waals surface area contributed by atoms with Crippen LogP contribution < -0.4 is 10.2 Å². The topological polar surface area (TPSA) is 28.2 Å². The van der Waals surface area contributed by atoms with Crippen molar-refractivity contribution in [1.29, 1.82) is 0 Å². The SMILES string of the molecule is CCCNc1cc(N2CCCSCC2)ccn1. The summed E-state index contributed by atoms with van der Waals surface area (Å²) in [6, 6.07) is 4.29. The number of hydrogen-bond acceptors (Lipinski definition) is 4. The van der Waals surface area contributed by atoms with Gasteiger partial charge in [-0.05, 0) is 24.7 Å². The minimum atomic E-state index is 0.992. The van der Waals surface area contributed by atoms with Crippen molar-refractivity contribution in [3.05, 3.63) is 18.3 Å². The molecule has 0 radical (unpaired) electrons. The molecule has 0 amide bonds. The Morgan fingerprint density at radius 3 is 3.24 bits per heavy atom. The summed E-state index contributed by atoms with van der Waals surface area (Å²) >= 11 is 2.06. The monoisotopic (exact) mass is 251 g/mol. The van der Waals surface area contributed by atoms with Crippen molar-refractivity contribution in [2.45, 2.75) is 19.8 Å². The predicted molar refractivity (Wildman–Crippen MR) is 77.2 cm³/mol. The molecular weight excluding hydrogens is 230 g/mol. The highest BCUT2D eigenvalue weighted by atomic mass is 32.2. The highest BCUT2D eigenvalue weighted by Gasteiger charge is 2.10. The van der Waals surface area contributed by atoms with Gasteiger partial charge < -0.3 is 10.2 Å². The summed E-state index contributed by atoms with van der Waals surface area (Å²) < 4.78 is 0. The molecule has 0 unspecified atom stereocenters. The summed E-state index contributed by atoms with van der Waals surface area (Å²) in [6.07, 6.45) is 4.32. The van der Waals surface area contributed by atoms with Crippen molar-refractivity contribution >= 4 is 23.3 Å². The van der Waals surface area contributed by atoms with E-state index >= 15 is 0 Å². The third kappa shape index (κ3) is 3.80. The molecule has 2 rings (SSSR count). The van der Waals surface area contributed by atoms with Crippen LogP contribution in [0.4, 0.5) is 11.5 Å². The Balaban J connectivity index is 2.03. The molecule has 4 heteroatoms. The molecule has 0 spiro atoms. The Bertz CT molecular complexity index is 335. The maximum atomic E-state index is 4.35. The van der Waals surface area contributed by atoms with Crippen molar-refractivity contribution in [2.75, 3.05) is 41.4 Å². The number of nitrogens with one attached hydrogen (secondary N) is 1. The van der Waals surface area contributed by atoms with E-state index in [4.69, 9.17) is 0 Å². The van der Waals surface area contributed by atoms with Crippen molar-refractivity contribution < 1.29 is 0 Å². The summed E-state index contributed by atoms with van der Waals surface area (Å²) in [4.78, 5) is 6.82. The van der Waals surface area contributed by atoms with Gasteiger partial charge in [-0.1, -0.05) is 6.92 Å². The lowest BCUT2D eigenvalue weighted by Gasteiger charge is -2.22. The van der Waals surface area contributed by atoms with Crippen LogP contribution >= 0.6 is 11.8 Å². The Kier molecular flexibility index (Phi) is 4.98. The van der Waals surface area contributed by atoms with Gasteiger partial charge in [0.05, 0.1) is 0 Å². The second kappa shape index (κ2) is 6.74. The Labute approximate surface area is 108 Å². The largest absolute Gasteiger partial charge is 0.371 e. The van der Waals surface area contributed by atoms with E-state index < -0.39 is 0 Å². The fourth-order valence-electron chi connectivity index (χ4n) is 1.97. The lowest BCUT2D eigenvalue weighted by molar-refractivity contribution is 0.815. The number of thioether (sulfide) groups is 1. The molecule has 0 aromatic carbocycles. The fraction of sp³-hybridized carbons (Fsp3) is 0.615. The molecule has 1 aromatic rings. The van der Waals surface area contributed by atoms with Crippen molar-refractivity contribution in [1.82, 2.24) is 4.98 Å². The van der Waals surface area contributed by atoms with E-state index in [-0.39, 0.29) is 0 Å². The summed E-state index contributed by atoms with van der Waals surface area (Å²) in [6.45, 7) is 5.49. The van der Waals surface area contributed by atoms with Gasteiger partial charge in [0.2, 0.25) is 0 Å². The standard InChI is InChI=1S/C13H21N3S/c1-2-5-14-13-11-12(4-6-15-13)16-7-3-9-17-10-8-16/h4,6,11H,2-3,5,7-10H2,1H3,(H,14,15). The van der Waals surface area contributed by atoms with Crippen LogP contribution in [0.2, 0.25) is 0 Å². The molecule has 1 saturated heterocycles. The van der Waals surface area contributed by atoms with Gasteiger partial charge in [-0.3, -0.25) is 0 Å². The third-order valence-electron chi connectivity index (χ3n) is 2.89. The van der Waals surface area contributed by atoms with Gasteiger partial charge in [0.25, 0.3) is 0 Å². The highest BCUT2D eigenvalue weighted by Crippen LogP contribution is 2.20. The molecule has 1 aromatic heterocycles. The van der Waals surface area contributed by atoms with E-state index in [0.717, 1.165) is 25.3 Å². The molecule has 1 fully saturated rings. The van der Waals surface area contributed by atoms with Gasteiger partial charge in [0.1, 0.15) is 5.82 Å². The van der Waals surface area contributed by atoms with Crippen LogP contribution in [0.3, 0.4) is 0 Å². The molecule has 94 valence electrons. The molecular formula is C13H21N3S.